The average Bonchev–Trinajstić information content (AvgIpc) is 3.21. The highest BCUT2D eigenvalue weighted by Gasteiger charge is 2.21. The quantitative estimate of drug-likeness (QED) is 0.560. The number of furan rings is 1. The number of para-hydroxylation sites is 1. The fourth-order valence-electron chi connectivity index (χ4n) is 2.99. The summed E-state index contributed by atoms with van der Waals surface area (Å²) in [6.45, 7) is 5.47. The predicted molar refractivity (Wildman–Crippen MR) is 106 cm³/mol. The van der Waals surface area contributed by atoms with E-state index < -0.39 is 0 Å². The van der Waals surface area contributed by atoms with Crippen molar-refractivity contribution in [2.24, 2.45) is 0 Å². The van der Waals surface area contributed by atoms with Crippen molar-refractivity contribution >= 4 is 5.91 Å². The van der Waals surface area contributed by atoms with E-state index in [0.29, 0.717) is 31.0 Å². The third kappa shape index (κ3) is 4.79. The number of rotatable bonds is 8. The van der Waals surface area contributed by atoms with E-state index in [1.54, 1.807) is 11.2 Å². The molecule has 0 aliphatic carbocycles. The maximum atomic E-state index is 13.3. The zero-order chi connectivity index (χ0) is 19.1. The third-order valence-corrected chi connectivity index (χ3v) is 4.44. The van der Waals surface area contributed by atoms with Crippen molar-refractivity contribution in [1.29, 1.82) is 0 Å². The lowest BCUT2D eigenvalue weighted by molar-refractivity contribution is 0.0713. The molecule has 0 spiro atoms. The number of aryl methyl sites for hydroxylation is 1. The van der Waals surface area contributed by atoms with Gasteiger partial charge in [0, 0.05) is 6.54 Å². The summed E-state index contributed by atoms with van der Waals surface area (Å²) < 4.78 is 11.1. The van der Waals surface area contributed by atoms with Gasteiger partial charge in [0.2, 0.25) is 0 Å². The SMILES string of the molecule is CCOc1ccccc1C(=O)N(Cc1ccc(CC)cc1)Cc1ccco1. The van der Waals surface area contributed by atoms with Crippen LogP contribution in [-0.2, 0) is 19.5 Å². The van der Waals surface area contributed by atoms with Crippen molar-refractivity contribution in [3.8, 4) is 5.75 Å². The van der Waals surface area contributed by atoms with E-state index in [2.05, 4.69) is 31.2 Å². The van der Waals surface area contributed by atoms with E-state index in [1.165, 1.54) is 5.56 Å². The topological polar surface area (TPSA) is 42.7 Å². The molecule has 1 amide bonds. The summed E-state index contributed by atoms with van der Waals surface area (Å²) in [6.07, 6.45) is 2.62. The van der Waals surface area contributed by atoms with Crippen molar-refractivity contribution in [2.45, 2.75) is 33.4 Å². The van der Waals surface area contributed by atoms with Crippen LogP contribution in [0.2, 0.25) is 0 Å². The standard InChI is InChI=1S/C23H25NO3/c1-3-18-11-13-19(14-12-18)16-24(17-20-8-7-15-27-20)23(25)21-9-5-6-10-22(21)26-4-2/h5-15H,3-4,16-17H2,1-2H3. The second-order valence-corrected chi connectivity index (χ2v) is 6.34. The van der Waals surface area contributed by atoms with Gasteiger partial charge in [-0.2, -0.15) is 0 Å². The van der Waals surface area contributed by atoms with Gasteiger partial charge in [0.1, 0.15) is 11.5 Å². The Balaban J connectivity index is 1.87. The van der Waals surface area contributed by atoms with Gasteiger partial charge in [0.25, 0.3) is 5.91 Å². The highest BCUT2D eigenvalue weighted by Crippen LogP contribution is 2.22. The van der Waals surface area contributed by atoms with Crippen LogP contribution in [-0.4, -0.2) is 17.4 Å². The smallest absolute Gasteiger partial charge is 0.258 e. The Kier molecular flexibility index (Phi) is 6.31. The molecule has 3 rings (SSSR count). The number of hydrogen-bond acceptors (Lipinski definition) is 3. The molecule has 1 heterocycles. The lowest BCUT2D eigenvalue weighted by atomic mass is 10.1. The molecule has 0 aliphatic rings. The van der Waals surface area contributed by atoms with Crippen molar-refractivity contribution < 1.29 is 13.9 Å². The maximum absolute atomic E-state index is 13.3. The minimum absolute atomic E-state index is 0.0741. The minimum Gasteiger partial charge on any atom is -0.493 e. The van der Waals surface area contributed by atoms with Crippen molar-refractivity contribution in [1.82, 2.24) is 4.90 Å². The van der Waals surface area contributed by atoms with Crippen LogP contribution in [0.25, 0.3) is 0 Å². The summed E-state index contributed by atoms with van der Waals surface area (Å²) >= 11 is 0. The van der Waals surface area contributed by atoms with Crippen LogP contribution >= 0.6 is 0 Å². The van der Waals surface area contributed by atoms with E-state index >= 15 is 0 Å². The van der Waals surface area contributed by atoms with Gasteiger partial charge < -0.3 is 14.1 Å². The van der Waals surface area contributed by atoms with Gasteiger partial charge in [0.15, 0.2) is 0 Å². The lowest BCUT2D eigenvalue weighted by Crippen LogP contribution is -2.30. The van der Waals surface area contributed by atoms with Gasteiger partial charge >= 0.3 is 0 Å². The van der Waals surface area contributed by atoms with E-state index in [1.807, 2.05) is 43.3 Å². The molecule has 27 heavy (non-hydrogen) atoms. The first-order valence-electron chi connectivity index (χ1n) is 9.32. The van der Waals surface area contributed by atoms with Crippen LogP contribution < -0.4 is 4.74 Å². The Morgan fingerprint density at radius 1 is 0.926 bits per heavy atom. The summed E-state index contributed by atoms with van der Waals surface area (Å²) in [5.74, 6) is 1.29. The molecule has 0 saturated carbocycles. The minimum atomic E-state index is -0.0741. The predicted octanol–water partition coefficient (Wildman–Crippen LogP) is 5.08. The Hall–Kier alpha value is -3.01. The molecule has 0 atom stereocenters. The van der Waals surface area contributed by atoms with E-state index in [0.717, 1.165) is 17.7 Å². The van der Waals surface area contributed by atoms with E-state index in [-0.39, 0.29) is 5.91 Å². The molecule has 0 radical (unpaired) electrons. The Bertz CT molecular complexity index is 854. The van der Waals surface area contributed by atoms with Gasteiger partial charge in [-0.25, -0.2) is 0 Å². The molecular formula is C23H25NO3. The Morgan fingerprint density at radius 2 is 1.67 bits per heavy atom. The lowest BCUT2D eigenvalue weighted by Gasteiger charge is -2.23. The molecule has 3 aromatic rings. The summed E-state index contributed by atoms with van der Waals surface area (Å²) in [5.41, 5.74) is 2.93. The van der Waals surface area contributed by atoms with Crippen LogP contribution in [0.15, 0.2) is 71.3 Å². The molecule has 0 unspecified atom stereocenters. The number of amides is 1. The van der Waals surface area contributed by atoms with Crippen molar-refractivity contribution in [3.05, 3.63) is 89.4 Å². The van der Waals surface area contributed by atoms with Crippen molar-refractivity contribution in [2.75, 3.05) is 6.61 Å². The number of hydrogen-bond donors (Lipinski definition) is 0. The normalized spacial score (nSPS) is 10.6. The number of nitrogens with zero attached hydrogens (tertiary/aromatic N) is 1. The Labute approximate surface area is 160 Å². The molecule has 0 bridgehead atoms. The maximum Gasteiger partial charge on any atom is 0.258 e. The van der Waals surface area contributed by atoms with Crippen LogP contribution in [0, 0.1) is 0 Å². The molecule has 0 saturated heterocycles. The second kappa shape index (κ2) is 9.08. The van der Waals surface area contributed by atoms with Crippen LogP contribution in [0.4, 0.5) is 0 Å². The zero-order valence-corrected chi connectivity index (χ0v) is 15.9. The summed E-state index contributed by atoms with van der Waals surface area (Å²) in [6, 6.07) is 19.5. The first-order valence-corrected chi connectivity index (χ1v) is 9.32. The Morgan fingerprint density at radius 3 is 2.33 bits per heavy atom. The van der Waals surface area contributed by atoms with Gasteiger partial charge in [-0.3, -0.25) is 4.79 Å². The monoisotopic (exact) mass is 363 g/mol. The fourth-order valence-corrected chi connectivity index (χ4v) is 2.99. The van der Waals surface area contributed by atoms with Crippen LogP contribution in [0.3, 0.4) is 0 Å². The molecule has 4 nitrogen and oxygen atoms in total. The molecule has 0 N–H and O–H groups in total. The van der Waals surface area contributed by atoms with E-state index in [4.69, 9.17) is 9.15 Å². The number of ether oxygens (including phenoxy) is 1. The number of carbonyl (C=O) groups is 1. The van der Waals surface area contributed by atoms with Crippen LogP contribution in [0.5, 0.6) is 5.75 Å². The fraction of sp³-hybridized carbons (Fsp3) is 0.261. The molecule has 0 fully saturated rings. The van der Waals surface area contributed by atoms with Crippen LogP contribution in [0.1, 0.15) is 41.1 Å². The second-order valence-electron chi connectivity index (χ2n) is 6.34. The summed E-state index contributed by atoms with van der Waals surface area (Å²) in [4.78, 5) is 15.1. The third-order valence-electron chi connectivity index (χ3n) is 4.44. The first-order chi connectivity index (χ1) is 13.2. The van der Waals surface area contributed by atoms with Gasteiger partial charge in [0.05, 0.1) is 25.0 Å². The largest absolute Gasteiger partial charge is 0.493 e. The van der Waals surface area contributed by atoms with Crippen molar-refractivity contribution in [3.63, 3.8) is 0 Å². The molecule has 140 valence electrons. The highest BCUT2D eigenvalue weighted by molar-refractivity contribution is 5.96. The summed E-state index contributed by atoms with van der Waals surface area (Å²) in [5, 5.41) is 0. The molecule has 1 aromatic heterocycles. The average molecular weight is 363 g/mol. The summed E-state index contributed by atoms with van der Waals surface area (Å²) in [7, 11) is 0. The zero-order valence-electron chi connectivity index (χ0n) is 15.9. The van der Waals surface area contributed by atoms with Gasteiger partial charge in [-0.15, -0.1) is 0 Å². The molecule has 2 aromatic carbocycles. The first kappa shape index (κ1) is 18.8. The number of carbonyl (C=O) groups excluding carboxylic acids is 1. The van der Waals surface area contributed by atoms with Gasteiger partial charge in [-0.1, -0.05) is 43.3 Å². The molecular weight excluding hydrogens is 338 g/mol. The molecule has 0 aliphatic heterocycles. The highest BCUT2D eigenvalue weighted by atomic mass is 16.5. The molecule has 4 heteroatoms. The van der Waals surface area contributed by atoms with Gasteiger partial charge in [-0.05, 0) is 48.7 Å². The van der Waals surface area contributed by atoms with E-state index in [9.17, 15) is 4.79 Å². The number of benzene rings is 2.